The van der Waals surface area contributed by atoms with E-state index in [0.717, 1.165) is 10.1 Å². The third-order valence-corrected chi connectivity index (χ3v) is 5.80. The minimum Gasteiger partial charge on any atom is -0.493 e. The van der Waals surface area contributed by atoms with Gasteiger partial charge in [-0.25, -0.2) is 0 Å². The van der Waals surface area contributed by atoms with Crippen LogP contribution in [0.15, 0.2) is 46.8 Å². The van der Waals surface area contributed by atoms with Crippen LogP contribution in [0.25, 0.3) is 0 Å². The zero-order chi connectivity index (χ0) is 19.9. The average molecular weight is 418 g/mol. The average Bonchev–Trinajstić information content (AvgIpc) is 3.19. The van der Waals surface area contributed by atoms with Crippen LogP contribution in [0.2, 0.25) is 0 Å². The Kier molecular flexibility index (Phi) is 6.72. The van der Waals surface area contributed by atoms with E-state index in [9.17, 15) is 4.79 Å². The normalized spacial score (nSPS) is 10.4. The molecule has 1 amide bonds. The van der Waals surface area contributed by atoms with Crippen LogP contribution in [0.4, 0.5) is 5.13 Å². The maximum absolute atomic E-state index is 12.6. The van der Waals surface area contributed by atoms with Crippen LogP contribution in [0, 0.1) is 0 Å². The van der Waals surface area contributed by atoms with Gasteiger partial charge in [-0.05, 0) is 17.7 Å². The van der Waals surface area contributed by atoms with Crippen molar-refractivity contribution in [1.29, 1.82) is 0 Å². The summed E-state index contributed by atoms with van der Waals surface area (Å²) in [6, 6.07) is 13.3. The summed E-state index contributed by atoms with van der Waals surface area (Å²) < 4.78 is 16.6. The van der Waals surface area contributed by atoms with Crippen molar-refractivity contribution in [1.82, 2.24) is 10.2 Å². The largest absolute Gasteiger partial charge is 0.493 e. The smallest absolute Gasteiger partial charge is 0.257 e. The van der Waals surface area contributed by atoms with Crippen molar-refractivity contribution in [2.24, 2.45) is 0 Å². The van der Waals surface area contributed by atoms with Crippen molar-refractivity contribution in [2.45, 2.75) is 10.1 Å². The molecule has 3 aromatic rings. The first-order chi connectivity index (χ1) is 13.6. The predicted octanol–water partition coefficient (Wildman–Crippen LogP) is 4.11. The number of ether oxygens (including phenoxy) is 3. The molecule has 0 radical (unpaired) electrons. The van der Waals surface area contributed by atoms with Crippen molar-refractivity contribution in [2.75, 3.05) is 26.6 Å². The molecule has 9 heteroatoms. The number of aromatic nitrogens is 2. The van der Waals surface area contributed by atoms with Gasteiger partial charge in [0.1, 0.15) is 0 Å². The van der Waals surface area contributed by atoms with Gasteiger partial charge in [0.15, 0.2) is 15.8 Å². The molecule has 0 fully saturated rings. The Labute approximate surface area is 171 Å². The monoisotopic (exact) mass is 417 g/mol. The lowest BCUT2D eigenvalue weighted by Gasteiger charge is -2.13. The van der Waals surface area contributed by atoms with Gasteiger partial charge < -0.3 is 14.2 Å². The molecule has 0 aliphatic rings. The standard InChI is InChI=1S/C19H19N3O4S2/c1-24-14-9-13(10-15(25-2)16(14)26-3)17(23)20-18-21-22-19(28-18)27-11-12-7-5-4-6-8-12/h4-10H,11H2,1-3H3,(H,20,21,23). The zero-order valence-corrected chi connectivity index (χ0v) is 17.2. The van der Waals surface area contributed by atoms with Crippen molar-refractivity contribution < 1.29 is 19.0 Å². The number of rotatable bonds is 8. The van der Waals surface area contributed by atoms with Gasteiger partial charge in [0.25, 0.3) is 5.91 Å². The number of hydrogen-bond acceptors (Lipinski definition) is 8. The third kappa shape index (κ3) is 4.73. The summed E-state index contributed by atoms with van der Waals surface area (Å²) in [6.07, 6.45) is 0. The van der Waals surface area contributed by atoms with Crippen LogP contribution in [0.5, 0.6) is 17.2 Å². The molecular formula is C19H19N3O4S2. The predicted molar refractivity (Wildman–Crippen MR) is 110 cm³/mol. The molecule has 3 rings (SSSR count). The quantitative estimate of drug-likeness (QED) is 0.436. The highest BCUT2D eigenvalue weighted by Crippen LogP contribution is 2.38. The molecule has 1 N–H and O–H groups in total. The lowest BCUT2D eigenvalue weighted by atomic mass is 10.1. The molecule has 1 aromatic heterocycles. The molecular weight excluding hydrogens is 398 g/mol. The molecule has 1 heterocycles. The summed E-state index contributed by atoms with van der Waals surface area (Å²) in [6.45, 7) is 0. The number of carbonyl (C=O) groups is 1. The van der Waals surface area contributed by atoms with Gasteiger partial charge in [-0.2, -0.15) is 0 Å². The van der Waals surface area contributed by atoms with E-state index in [1.165, 1.54) is 38.2 Å². The van der Waals surface area contributed by atoms with Gasteiger partial charge in [0, 0.05) is 11.3 Å². The minimum atomic E-state index is -0.338. The number of nitrogens with one attached hydrogen (secondary N) is 1. The van der Waals surface area contributed by atoms with Crippen LogP contribution in [0.1, 0.15) is 15.9 Å². The van der Waals surface area contributed by atoms with Gasteiger partial charge in [0.2, 0.25) is 10.9 Å². The van der Waals surface area contributed by atoms with Crippen LogP contribution in [-0.2, 0) is 5.75 Å². The van der Waals surface area contributed by atoms with Crippen molar-refractivity contribution in [3.8, 4) is 17.2 Å². The molecule has 0 saturated carbocycles. The van der Waals surface area contributed by atoms with Crippen molar-refractivity contribution >= 4 is 34.1 Å². The number of anilines is 1. The molecule has 2 aromatic carbocycles. The fourth-order valence-electron chi connectivity index (χ4n) is 2.42. The highest BCUT2D eigenvalue weighted by molar-refractivity contribution is 8.00. The van der Waals surface area contributed by atoms with E-state index in [1.807, 2.05) is 18.2 Å². The summed E-state index contributed by atoms with van der Waals surface area (Å²) in [5, 5.41) is 11.3. The molecule has 7 nitrogen and oxygen atoms in total. The first-order valence-electron chi connectivity index (χ1n) is 8.26. The maximum atomic E-state index is 12.6. The number of benzene rings is 2. The minimum absolute atomic E-state index is 0.338. The Balaban J connectivity index is 1.69. The highest BCUT2D eigenvalue weighted by atomic mass is 32.2. The molecule has 146 valence electrons. The van der Waals surface area contributed by atoms with E-state index in [4.69, 9.17) is 14.2 Å². The molecule has 0 bridgehead atoms. The van der Waals surface area contributed by atoms with E-state index < -0.39 is 0 Å². The number of amides is 1. The van der Waals surface area contributed by atoms with Gasteiger partial charge in [0.05, 0.1) is 21.3 Å². The second-order valence-corrected chi connectivity index (χ2v) is 7.72. The molecule has 0 aliphatic heterocycles. The Morgan fingerprint density at radius 2 is 1.71 bits per heavy atom. The molecule has 0 unspecified atom stereocenters. The van der Waals surface area contributed by atoms with E-state index in [0.29, 0.717) is 27.9 Å². The lowest BCUT2D eigenvalue weighted by molar-refractivity contribution is 0.102. The molecule has 0 atom stereocenters. The highest BCUT2D eigenvalue weighted by Gasteiger charge is 2.18. The second kappa shape index (κ2) is 9.43. The third-order valence-electron chi connectivity index (χ3n) is 3.76. The number of nitrogens with zero attached hydrogens (tertiary/aromatic N) is 2. The first-order valence-corrected chi connectivity index (χ1v) is 10.1. The van der Waals surface area contributed by atoms with Crippen molar-refractivity contribution in [3.05, 3.63) is 53.6 Å². The van der Waals surface area contributed by atoms with Gasteiger partial charge in [-0.15, -0.1) is 10.2 Å². The van der Waals surface area contributed by atoms with Gasteiger partial charge in [-0.1, -0.05) is 53.4 Å². The van der Waals surface area contributed by atoms with Crippen molar-refractivity contribution in [3.63, 3.8) is 0 Å². The Hall–Kier alpha value is -2.78. The van der Waals surface area contributed by atoms with E-state index in [-0.39, 0.29) is 5.91 Å². The van der Waals surface area contributed by atoms with E-state index >= 15 is 0 Å². The summed E-state index contributed by atoms with van der Waals surface area (Å²) in [4.78, 5) is 12.6. The number of methoxy groups -OCH3 is 3. The molecule has 0 saturated heterocycles. The Morgan fingerprint density at radius 3 is 2.32 bits per heavy atom. The van der Waals surface area contributed by atoms with Gasteiger partial charge >= 0.3 is 0 Å². The zero-order valence-electron chi connectivity index (χ0n) is 15.6. The summed E-state index contributed by atoms with van der Waals surface area (Å²) in [5.74, 6) is 1.69. The Morgan fingerprint density at radius 1 is 1.04 bits per heavy atom. The molecule has 28 heavy (non-hydrogen) atoms. The number of hydrogen-bond donors (Lipinski definition) is 1. The maximum Gasteiger partial charge on any atom is 0.257 e. The van der Waals surface area contributed by atoms with Crippen LogP contribution in [0.3, 0.4) is 0 Å². The van der Waals surface area contributed by atoms with Gasteiger partial charge in [-0.3, -0.25) is 10.1 Å². The van der Waals surface area contributed by atoms with Crippen LogP contribution < -0.4 is 19.5 Å². The fourth-order valence-corrected chi connectivity index (χ4v) is 4.12. The topological polar surface area (TPSA) is 82.6 Å². The summed E-state index contributed by atoms with van der Waals surface area (Å²) in [7, 11) is 4.51. The second-order valence-electron chi connectivity index (χ2n) is 5.52. The fraction of sp³-hybridized carbons (Fsp3) is 0.211. The summed E-state index contributed by atoms with van der Waals surface area (Å²) in [5.41, 5.74) is 1.56. The number of thioether (sulfide) groups is 1. The molecule has 0 spiro atoms. The Bertz CT molecular complexity index is 922. The lowest BCUT2D eigenvalue weighted by Crippen LogP contribution is -2.12. The van der Waals surface area contributed by atoms with Crippen LogP contribution >= 0.6 is 23.1 Å². The first kappa shape index (κ1) is 20.0. The van der Waals surface area contributed by atoms with Crippen LogP contribution in [-0.4, -0.2) is 37.4 Å². The van der Waals surface area contributed by atoms with E-state index in [2.05, 4.69) is 27.6 Å². The summed E-state index contributed by atoms with van der Waals surface area (Å²) >= 11 is 2.90. The number of carbonyl (C=O) groups excluding carboxylic acids is 1. The van der Waals surface area contributed by atoms with E-state index in [1.54, 1.807) is 23.9 Å². The molecule has 0 aliphatic carbocycles. The SMILES string of the molecule is COc1cc(C(=O)Nc2nnc(SCc3ccccc3)s2)cc(OC)c1OC.